The third-order valence-corrected chi connectivity index (χ3v) is 4.06. The van der Waals surface area contributed by atoms with Crippen LogP contribution in [0.15, 0.2) is 30.3 Å². The number of aromatic hydroxyl groups is 1. The summed E-state index contributed by atoms with van der Waals surface area (Å²) in [4.78, 5) is 13.4. The maximum atomic E-state index is 11.3. The molecule has 0 saturated heterocycles. The first-order valence-electron chi connectivity index (χ1n) is 7.00. The summed E-state index contributed by atoms with van der Waals surface area (Å²) in [6, 6.07) is 8.68. The summed E-state index contributed by atoms with van der Waals surface area (Å²) in [5.74, 6) is -0.938. The number of nitrogens with zero attached hydrogens (tertiary/aromatic N) is 1. The zero-order chi connectivity index (χ0) is 15.9. The number of anilines is 1. The van der Waals surface area contributed by atoms with E-state index in [0.29, 0.717) is 5.56 Å². The minimum absolute atomic E-state index is 0.0428. The molecule has 114 valence electrons. The van der Waals surface area contributed by atoms with Crippen LogP contribution in [0.2, 0.25) is 0 Å². The van der Waals surface area contributed by atoms with E-state index in [4.69, 9.17) is 4.74 Å². The Hall–Kier alpha value is -2.69. The van der Waals surface area contributed by atoms with E-state index in [1.165, 1.54) is 30.5 Å². The Kier molecular flexibility index (Phi) is 3.41. The zero-order valence-electron chi connectivity index (χ0n) is 12.5. The van der Waals surface area contributed by atoms with Crippen molar-refractivity contribution in [2.24, 2.45) is 0 Å². The third kappa shape index (κ3) is 2.24. The van der Waals surface area contributed by atoms with Crippen LogP contribution in [0.3, 0.4) is 0 Å². The van der Waals surface area contributed by atoms with Gasteiger partial charge in [0, 0.05) is 24.8 Å². The summed E-state index contributed by atoms with van der Waals surface area (Å²) in [5.41, 5.74) is 3.70. The van der Waals surface area contributed by atoms with E-state index >= 15 is 0 Å². The second-order valence-electron chi connectivity index (χ2n) is 5.39. The number of benzene rings is 2. The van der Waals surface area contributed by atoms with Crippen molar-refractivity contribution in [1.29, 1.82) is 0 Å². The van der Waals surface area contributed by atoms with Crippen LogP contribution in [-0.4, -0.2) is 36.9 Å². The fourth-order valence-electron chi connectivity index (χ4n) is 2.84. The summed E-state index contributed by atoms with van der Waals surface area (Å²) < 4.78 is 5.09. The SMILES string of the molecule is COc1cc(C(=O)O)cc(-c2ccc3c(c2)CCN3C)c1O. The number of hydrogen-bond acceptors (Lipinski definition) is 4. The van der Waals surface area contributed by atoms with E-state index in [2.05, 4.69) is 4.90 Å². The third-order valence-electron chi connectivity index (χ3n) is 4.06. The van der Waals surface area contributed by atoms with Crippen molar-refractivity contribution < 1.29 is 19.7 Å². The highest BCUT2D eigenvalue weighted by molar-refractivity contribution is 5.92. The van der Waals surface area contributed by atoms with Gasteiger partial charge in [-0.05, 0) is 41.8 Å². The molecule has 2 N–H and O–H groups in total. The van der Waals surface area contributed by atoms with E-state index in [-0.39, 0.29) is 17.1 Å². The first-order valence-corrected chi connectivity index (χ1v) is 7.00. The minimum atomic E-state index is -1.06. The largest absolute Gasteiger partial charge is 0.504 e. The highest BCUT2D eigenvalue weighted by Gasteiger charge is 2.19. The summed E-state index contributed by atoms with van der Waals surface area (Å²) in [7, 11) is 3.44. The van der Waals surface area contributed by atoms with E-state index in [1.807, 2.05) is 25.2 Å². The van der Waals surface area contributed by atoms with Crippen molar-refractivity contribution in [2.75, 3.05) is 25.6 Å². The number of phenolic OH excluding ortho intramolecular Hbond substituents is 1. The summed E-state index contributed by atoms with van der Waals surface area (Å²) >= 11 is 0. The Balaban J connectivity index is 2.15. The first-order chi connectivity index (χ1) is 10.5. The molecule has 1 aliphatic heterocycles. The zero-order valence-corrected chi connectivity index (χ0v) is 12.5. The highest BCUT2D eigenvalue weighted by Crippen LogP contribution is 2.40. The average Bonchev–Trinajstić information content (AvgIpc) is 2.88. The number of hydrogen-bond donors (Lipinski definition) is 2. The van der Waals surface area contributed by atoms with Gasteiger partial charge in [0.2, 0.25) is 0 Å². The summed E-state index contributed by atoms with van der Waals surface area (Å²) in [6.45, 7) is 0.962. The van der Waals surface area contributed by atoms with Crippen LogP contribution in [-0.2, 0) is 6.42 Å². The molecule has 0 saturated carbocycles. The van der Waals surface area contributed by atoms with E-state index in [0.717, 1.165) is 18.5 Å². The number of phenols is 1. The van der Waals surface area contributed by atoms with Crippen molar-refractivity contribution >= 4 is 11.7 Å². The molecule has 0 unspecified atom stereocenters. The molecule has 22 heavy (non-hydrogen) atoms. The molecule has 0 spiro atoms. The molecule has 2 aromatic rings. The molecule has 0 bridgehead atoms. The molecule has 2 aromatic carbocycles. The number of methoxy groups -OCH3 is 1. The number of likely N-dealkylation sites (N-methyl/N-ethyl adjacent to an activating group) is 1. The normalized spacial score (nSPS) is 13.1. The van der Waals surface area contributed by atoms with Crippen LogP contribution in [0.25, 0.3) is 11.1 Å². The lowest BCUT2D eigenvalue weighted by Crippen LogP contribution is -2.12. The summed E-state index contributed by atoms with van der Waals surface area (Å²) in [6.07, 6.45) is 0.941. The minimum Gasteiger partial charge on any atom is -0.504 e. The fraction of sp³-hybridized carbons (Fsp3) is 0.235. The van der Waals surface area contributed by atoms with Crippen LogP contribution < -0.4 is 9.64 Å². The average molecular weight is 299 g/mol. The van der Waals surface area contributed by atoms with Crippen molar-refractivity contribution in [3.05, 3.63) is 41.5 Å². The number of carbonyl (C=O) groups is 1. The predicted octanol–water partition coefficient (Wildman–Crippen LogP) is 2.76. The van der Waals surface area contributed by atoms with Crippen molar-refractivity contribution in [3.8, 4) is 22.6 Å². The lowest BCUT2D eigenvalue weighted by molar-refractivity contribution is 0.0696. The molecular weight excluding hydrogens is 282 g/mol. The number of rotatable bonds is 3. The number of ether oxygens (including phenoxy) is 1. The van der Waals surface area contributed by atoms with Gasteiger partial charge in [0.05, 0.1) is 12.7 Å². The molecule has 5 heteroatoms. The molecule has 5 nitrogen and oxygen atoms in total. The van der Waals surface area contributed by atoms with Crippen LogP contribution in [0.5, 0.6) is 11.5 Å². The standard InChI is InChI=1S/C17H17NO4/c1-18-6-5-11-7-10(3-4-14(11)18)13-8-12(17(20)21)9-15(22-2)16(13)19/h3-4,7-9,19H,5-6H2,1-2H3,(H,20,21). The van der Waals surface area contributed by atoms with Gasteiger partial charge in [-0.15, -0.1) is 0 Å². The van der Waals surface area contributed by atoms with E-state index < -0.39 is 5.97 Å². The topological polar surface area (TPSA) is 70.0 Å². The number of fused-ring (bicyclic) bond motifs is 1. The van der Waals surface area contributed by atoms with Crippen molar-refractivity contribution in [1.82, 2.24) is 0 Å². The van der Waals surface area contributed by atoms with Crippen molar-refractivity contribution in [2.45, 2.75) is 6.42 Å². The van der Waals surface area contributed by atoms with Gasteiger partial charge >= 0.3 is 5.97 Å². The predicted molar refractivity (Wildman–Crippen MR) is 84.0 cm³/mol. The molecule has 0 aliphatic carbocycles. The lowest BCUT2D eigenvalue weighted by atomic mass is 9.98. The quantitative estimate of drug-likeness (QED) is 0.912. The monoisotopic (exact) mass is 299 g/mol. The smallest absolute Gasteiger partial charge is 0.335 e. The second-order valence-corrected chi connectivity index (χ2v) is 5.39. The van der Waals surface area contributed by atoms with Gasteiger partial charge in [0.15, 0.2) is 11.5 Å². The number of carboxylic acids is 1. The number of carboxylic acid groups (broad SMARTS) is 1. The molecule has 0 atom stereocenters. The highest BCUT2D eigenvalue weighted by atomic mass is 16.5. The fourth-order valence-corrected chi connectivity index (χ4v) is 2.84. The Morgan fingerprint density at radius 3 is 2.73 bits per heavy atom. The van der Waals surface area contributed by atoms with Crippen molar-refractivity contribution in [3.63, 3.8) is 0 Å². The molecule has 0 radical (unpaired) electrons. The Labute approximate surface area is 128 Å². The Morgan fingerprint density at radius 1 is 1.27 bits per heavy atom. The molecular formula is C17H17NO4. The molecule has 0 aromatic heterocycles. The van der Waals surface area contributed by atoms with Gasteiger partial charge < -0.3 is 19.8 Å². The lowest BCUT2D eigenvalue weighted by Gasteiger charge is -2.14. The molecule has 0 amide bonds. The second kappa shape index (κ2) is 5.26. The maximum Gasteiger partial charge on any atom is 0.335 e. The maximum absolute atomic E-state index is 11.3. The van der Waals surface area contributed by atoms with E-state index in [9.17, 15) is 15.0 Å². The summed E-state index contributed by atoms with van der Waals surface area (Å²) in [5, 5.41) is 19.5. The molecule has 0 fully saturated rings. The van der Waals surface area contributed by atoms with Gasteiger partial charge in [0.25, 0.3) is 0 Å². The van der Waals surface area contributed by atoms with Crippen LogP contribution >= 0.6 is 0 Å². The first kappa shape index (κ1) is 14.3. The Morgan fingerprint density at radius 2 is 2.05 bits per heavy atom. The van der Waals surface area contributed by atoms with Crippen LogP contribution in [0.1, 0.15) is 15.9 Å². The number of aromatic carboxylic acids is 1. The Bertz CT molecular complexity index is 755. The van der Waals surface area contributed by atoms with Crippen LogP contribution in [0.4, 0.5) is 5.69 Å². The molecule has 1 aliphatic rings. The van der Waals surface area contributed by atoms with Gasteiger partial charge in [0.1, 0.15) is 0 Å². The van der Waals surface area contributed by atoms with Gasteiger partial charge in [-0.3, -0.25) is 0 Å². The molecule has 1 heterocycles. The molecule has 3 rings (SSSR count). The van der Waals surface area contributed by atoms with Crippen LogP contribution in [0, 0.1) is 0 Å². The van der Waals surface area contributed by atoms with Gasteiger partial charge in [-0.25, -0.2) is 4.79 Å². The van der Waals surface area contributed by atoms with Gasteiger partial charge in [-0.1, -0.05) is 6.07 Å². The van der Waals surface area contributed by atoms with E-state index in [1.54, 1.807) is 0 Å². The van der Waals surface area contributed by atoms with Gasteiger partial charge in [-0.2, -0.15) is 0 Å².